The summed E-state index contributed by atoms with van der Waals surface area (Å²) in [5, 5.41) is 14.5. The summed E-state index contributed by atoms with van der Waals surface area (Å²) >= 11 is 0. The van der Waals surface area contributed by atoms with Crippen LogP contribution in [0.2, 0.25) is 0 Å². The van der Waals surface area contributed by atoms with Crippen LogP contribution in [0.4, 0.5) is 0 Å². The topological polar surface area (TPSA) is 82.8 Å². The Morgan fingerprint density at radius 3 is 2.78 bits per heavy atom. The van der Waals surface area contributed by atoms with E-state index in [-0.39, 0.29) is 6.42 Å². The molecule has 1 aliphatic heterocycles. The maximum Gasteiger partial charge on any atom is 0.335 e. The fourth-order valence-corrected chi connectivity index (χ4v) is 2.56. The fourth-order valence-electron chi connectivity index (χ4n) is 2.56. The molecule has 122 valence electrons. The smallest absolute Gasteiger partial charge is 0.335 e. The maximum absolute atomic E-state index is 11.6. The van der Waals surface area contributed by atoms with Crippen LogP contribution in [0.15, 0.2) is 30.5 Å². The molecule has 0 aliphatic carbocycles. The largest absolute Gasteiger partial charge is 0.497 e. The van der Waals surface area contributed by atoms with E-state index < -0.39 is 18.4 Å². The SMILES string of the molecule is COC(=O)C1Cc2nn(Cc3ccc(OC)cc3)cc2C(O)O1. The monoisotopic (exact) mass is 318 g/mol. The number of methoxy groups -OCH3 is 2. The molecule has 0 radical (unpaired) electrons. The minimum Gasteiger partial charge on any atom is -0.497 e. The molecule has 2 heterocycles. The van der Waals surface area contributed by atoms with Crippen molar-refractivity contribution in [3.8, 4) is 5.75 Å². The Balaban J connectivity index is 1.77. The van der Waals surface area contributed by atoms with Crippen molar-refractivity contribution < 1.29 is 24.1 Å². The first-order chi connectivity index (χ1) is 11.1. The van der Waals surface area contributed by atoms with Crippen LogP contribution >= 0.6 is 0 Å². The van der Waals surface area contributed by atoms with E-state index in [1.807, 2.05) is 24.3 Å². The molecule has 0 saturated heterocycles. The van der Waals surface area contributed by atoms with E-state index in [1.165, 1.54) is 7.11 Å². The van der Waals surface area contributed by atoms with E-state index in [0.717, 1.165) is 11.3 Å². The van der Waals surface area contributed by atoms with Crippen LogP contribution in [-0.2, 0) is 27.2 Å². The minimum absolute atomic E-state index is 0.286. The van der Waals surface area contributed by atoms with Crippen LogP contribution in [0.3, 0.4) is 0 Å². The van der Waals surface area contributed by atoms with Crippen LogP contribution in [0, 0.1) is 0 Å². The number of hydrogen-bond donors (Lipinski definition) is 1. The van der Waals surface area contributed by atoms with E-state index in [4.69, 9.17) is 9.47 Å². The minimum atomic E-state index is -1.17. The third kappa shape index (κ3) is 3.20. The lowest BCUT2D eigenvalue weighted by atomic mass is 10.1. The van der Waals surface area contributed by atoms with Gasteiger partial charge in [0, 0.05) is 18.2 Å². The van der Waals surface area contributed by atoms with Crippen LogP contribution in [0.1, 0.15) is 23.1 Å². The Morgan fingerprint density at radius 1 is 1.39 bits per heavy atom. The second-order valence-electron chi connectivity index (χ2n) is 5.28. The predicted octanol–water partition coefficient (Wildman–Crippen LogP) is 1.05. The van der Waals surface area contributed by atoms with E-state index >= 15 is 0 Å². The summed E-state index contributed by atoms with van der Waals surface area (Å²) in [5.74, 6) is 0.276. The molecule has 2 aromatic rings. The summed E-state index contributed by atoms with van der Waals surface area (Å²) in [6.07, 6.45) is 0.0196. The lowest BCUT2D eigenvalue weighted by Gasteiger charge is -2.23. The summed E-state index contributed by atoms with van der Waals surface area (Å²) in [6.45, 7) is 0.548. The van der Waals surface area contributed by atoms with Gasteiger partial charge in [-0.3, -0.25) is 4.68 Å². The number of nitrogens with zero attached hydrogens (tertiary/aromatic N) is 2. The Hall–Kier alpha value is -2.38. The van der Waals surface area contributed by atoms with Gasteiger partial charge in [0.25, 0.3) is 0 Å². The summed E-state index contributed by atoms with van der Waals surface area (Å²) in [7, 11) is 2.91. The van der Waals surface area contributed by atoms with Crippen LogP contribution < -0.4 is 4.74 Å². The molecule has 0 spiro atoms. The zero-order chi connectivity index (χ0) is 16.4. The zero-order valence-corrected chi connectivity index (χ0v) is 12.9. The molecule has 7 nitrogen and oxygen atoms in total. The van der Waals surface area contributed by atoms with Gasteiger partial charge in [-0.15, -0.1) is 0 Å². The van der Waals surface area contributed by atoms with Crippen molar-refractivity contribution in [3.05, 3.63) is 47.3 Å². The van der Waals surface area contributed by atoms with Crippen LogP contribution in [0.5, 0.6) is 5.75 Å². The standard InChI is InChI=1S/C16H18N2O5/c1-21-11-5-3-10(4-6-11)8-18-9-12-13(17-18)7-14(16(20)22-2)23-15(12)19/h3-6,9,14-15,19H,7-8H2,1-2H3. The summed E-state index contributed by atoms with van der Waals surface area (Å²) < 4.78 is 16.8. The molecule has 0 amide bonds. The summed E-state index contributed by atoms with van der Waals surface area (Å²) in [6, 6.07) is 7.65. The Bertz CT molecular complexity index is 695. The van der Waals surface area contributed by atoms with E-state index in [2.05, 4.69) is 9.84 Å². The molecule has 1 aromatic heterocycles. The number of aliphatic hydroxyl groups excluding tert-OH is 1. The Morgan fingerprint density at radius 2 is 2.13 bits per heavy atom. The van der Waals surface area contributed by atoms with Crippen molar-refractivity contribution in [3.63, 3.8) is 0 Å². The average Bonchev–Trinajstić information content (AvgIpc) is 2.98. The van der Waals surface area contributed by atoms with E-state index in [1.54, 1.807) is 18.0 Å². The van der Waals surface area contributed by atoms with Gasteiger partial charge in [-0.1, -0.05) is 12.1 Å². The number of carbonyl (C=O) groups excluding carboxylic acids is 1. The third-order valence-corrected chi connectivity index (χ3v) is 3.78. The van der Waals surface area contributed by atoms with Gasteiger partial charge in [0.1, 0.15) is 5.75 Å². The highest BCUT2D eigenvalue weighted by Gasteiger charge is 2.33. The Kier molecular flexibility index (Phi) is 4.31. The second-order valence-corrected chi connectivity index (χ2v) is 5.28. The van der Waals surface area contributed by atoms with Crippen molar-refractivity contribution >= 4 is 5.97 Å². The fraction of sp³-hybridized carbons (Fsp3) is 0.375. The zero-order valence-electron chi connectivity index (χ0n) is 12.9. The predicted molar refractivity (Wildman–Crippen MR) is 79.9 cm³/mol. The molecular weight excluding hydrogens is 300 g/mol. The van der Waals surface area contributed by atoms with Crippen LogP contribution in [-0.4, -0.2) is 41.2 Å². The van der Waals surface area contributed by atoms with Gasteiger partial charge >= 0.3 is 5.97 Å². The van der Waals surface area contributed by atoms with Crippen molar-refractivity contribution in [2.45, 2.75) is 25.4 Å². The molecule has 1 aromatic carbocycles. The van der Waals surface area contributed by atoms with E-state index in [0.29, 0.717) is 17.8 Å². The number of rotatable bonds is 4. The molecule has 0 fully saturated rings. The Labute approximate surface area is 133 Å². The molecule has 3 rings (SSSR count). The molecule has 0 bridgehead atoms. The molecule has 1 aliphatic rings. The van der Waals surface area contributed by atoms with Crippen LogP contribution in [0.25, 0.3) is 0 Å². The van der Waals surface area contributed by atoms with Gasteiger partial charge < -0.3 is 19.3 Å². The quantitative estimate of drug-likeness (QED) is 0.848. The molecule has 2 atom stereocenters. The maximum atomic E-state index is 11.6. The number of aliphatic hydroxyl groups is 1. The molecule has 1 N–H and O–H groups in total. The third-order valence-electron chi connectivity index (χ3n) is 3.78. The highest BCUT2D eigenvalue weighted by atomic mass is 16.6. The number of fused-ring (bicyclic) bond motifs is 1. The molecule has 2 unspecified atom stereocenters. The van der Waals surface area contributed by atoms with Gasteiger partial charge in [0.05, 0.1) is 26.5 Å². The second kappa shape index (κ2) is 6.39. The average molecular weight is 318 g/mol. The first-order valence-electron chi connectivity index (χ1n) is 7.21. The lowest BCUT2D eigenvalue weighted by molar-refractivity contribution is -0.183. The first-order valence-corrected chi connectivity index (χ1v) is 7.21. The number of aromatic nitrogens is 2. The van der Waals surface area contributed by atoms with Gasteiger partial charge in [-0.2, -0.15) is 5.10 Å². The lowest BCUT2D eigenvalue weighted by Crippen LogP contribution is -2.33. The molecule has 23 heavy (non-hydrogen) atoms. The molecule has 0 saturated carbocycles. The number of benzene rings is 1. The normalized spacial score (nSPS) is 20.0. The summed E-state index contributed by atoms with van der Waals surface area (Å²) in [5.41, 5.74) is 2.27. The molecule has 7 heteroatoms. The van der Waals surface area contributed by atoms with Crippen molar-refractivity contribution in [1.82, 2.24) is 9.78 Å². The van der Waals surface area contributed by atoms with Gasteiger partial charge in [0.2, 0.25) is 0 Å². The number of ether oxygens (including phenoxy) is 3. The number of hydrogen-bond acceptors (Lipinski definition) is 6. The molecular formula is C16H18N2O5. The van der Waals surface area contributed by atoms with Gasteiger partial charge in [-0.25, -0.2) is 4.79 Å². The van der Waals surface area contributed by atoms with E-state index in [9.17, 15) is 9.90 Å². The van der Waals surface area contributed by atoms with Gasteiger partial charge in [-0.05, 0) is 17.7 Å². The number of carbonyl (C=O) groups is 1. The first kappa shape index (κ1) is 15.5. The highest BCUT2D eigenvalue weighted by molar-refractivity contribution is 5.75. The number of esters is 1. The van der Waals surface area contributed by atoms with Crippen molar-refractivity contribution in [2.75, 3.05) is 14.2 Å². The van der Waals surface area contributed by atoms with Crippen molar-refractivity contribution in [1.29, 1.82) is 0 Å². The summed E-state index contributed by atoms with van der Waals surface area (Å²) in [4.78, 5) is 11.6. The highest BCUT2D eigenvalue weighted by Crippen LogP contribution is 2.28. The van der Waals surface area contributed by atoms with Gasteiger partial charge in [0.15, 0.2) is 12.4 Å². The van der Waals surface area contributed by atoms with Crippen molar-refractivity contribution in [2.24, 2.45) is 0 Å².